The molecule has 6 heteroatoms. The highest BCUT2D eigenvalue weighted by atomic mass is 19.4. The molecule has 0 fully saturated rings. The topological polar surface area (TPSA) is 46.5 Å². The fraction of sp³-hybridized carbons (Fsp3) is 0.167. The maximum atomic E-state index is 12.5. The van der Waals surface area contributed by atoms with Crippen molar-refractivity contribution in [1.29, 1.82) is 0 Å². The van der Waals surface area contributed by atoms with E-state index in [9.17, 15) is 23.1 Å². The number of halogens is 3. The van der Waals surface area contributed by atoms with Gasteiger partial charge in [0.25, 0.3) is 0 Å². The van der Waals surface area contributed by atoms with Gasteiger partial charge in [0.2, 0.25) is 6.10 Å². The predicted molar refractivity (Wildman–Crippen MR) is 83.6 cm³/mol. The largest absolute Gasteiger partial charge is 0.478 e. The Morgan fingerprint density at radius 3 is 2.17 bits per heavy atom. The Kier molecular flexibility index (Phi) is 5.28. The molecule has 0 amide bonds. The third kappa shape index (κ3) is 4.62. The summed E-state index contributed by atoms with van der Waals surface area (Å²) >= 11 is 0. The molecule has 1 N–H and O–H groups in total. The number of ether oxygens (including phenoxy) is 1. The molecule has 0 radical (unpaired) electrons. The van der Waals surface area contributed by atoms with Crippen LogP contribution in [0.1, 0.15) is 18.1 Å². The first-order valence-corrected chi connectivity index (χ1v) is 7.08. The number of carboxylic acids is 1. The van der Waals surface area contributed by atoms with Gasteiger partial charge in [0, 0.05) is 0 Å². The van der Waals surface area contributed by atoms with Crippen LogP contribution < -0.4 is 4.74 Å². The molecule has 3 nitrogen and oxygen atoms in total. The average molecular weight is 336 g/mol. The fourth-order valence-corrected chi connectivity index (χ4v) is 2.05. The van der Waals surface area contributed by atoms with Crippen molar-refractivity contribution >= 4 is 11.5 Å². The van der Waals surface area contributed by atoms with Crippen molar-refractivity contribution < 1.29 is 27.8 Å². The second kappa shape index (κ2) is 7.21. The lowest BCUT2D eigenvalue weighted by atomic mass is 10.1. The molecule has 2 aromatic rings. The maximum Gasteiger partial charge on any atom is 0.416 e. The summed E-state index contributed by atoms with van der Waals surface area (Å²) in [6, 6.07) is 13.0. The van der Waals surface area contributed by atoms with Crippen molar-refractivity contribution in [1.82, 2.24) is 0 Å². The standard InChI is InChI=1S/C18H15F3O3/c1-12(13-5-3-2-4-6-13)11-16(17(22)23)24-15-9-7-14(8-10-15)18(19,20)21/h2-11,16H,1H3,(H,22,23)/t16-/m0/s1. The Bertz CT molecular complexity index is 719. The summed E-state index contributed by atoms with van der Waals surface area (Å²) in [5.41, 5.74) is 0.701. The summed E-state index contributed by atoms with van der Waals surface area (Å²) < 4.78 is 42.9. The van der Waals surface area contributed by atoms with E-state index in [0.29, 0.717) is 5.57 Å². The second-order valence-corrected chi connectivity index (χ2v) is 5.11. The van der Waals surface area contributed by atoms with Gasteiger partial charge in [-0.1, -0.05) is 30.3 Å². The maximum absolute atomic E-state index is 12.5. The summed E-state index contributed by atoms with van der Waals surface area (Å²) in [5.74, 6) is -1.18. The Morgan fingerprint density at radius 2 is 1.67 bits per heavy atom. The second-order valence-electron chi connectivity index (χ2n) is 5.11. The van der Waals surface area contributed by atoms with E-state index in [2.05, 4.69) is 0 Å². The van der Waals surface area contributed by atoms with E-state index in [4.69, 9.17) is 4.74 Å². The molecule has 0 unspecified atom stereocenters. The molecule has 2 rings (SSSR count). The number of aliphatic carboxylic acids is 1. The van der Waals surface area contributed by atoms with Crippen molar-refractivity contribution in [3.05, 3.63) is 71.8 Å². The minimum atomic E-state index is -4.45. The summed E-state index contributed by atoms with van der Waals surface area (Å²) in [4.78, 5) is 11.3. The molecule has 0 aliphatic heterocycles. The van der Waals surface area contributed by atoms with Crippen LogP contribution in [0.25, 0.3) is 5.57 Å². The summed E-state index contributed by atoms with van der Waals surface area (Å²) in [6.45, 7) is 1.74. The fourth-order valence-electron chi connectivity index (χ4n) is 2.05. The Labute approximate surface area is 137 Å². The molecule has 2 aromatic carbocycles. The average Bonchev–Trinajstić information content (AvgIpc) is 2.54. The molecule has 0 aromatic heterocycles. The van der Waals surface area contributed by atoms with Gasteiger partial charge in [-0.15, -0.1) is 0 Å². The van der Waals surface area contributed by atoms with Gasteiger partial charge in [0.15, 0.2) is 0 Å². The zero-order valence-electron chi connectivity index (χ0n) is 12.7. The lowest BCUT2D eigenvalue weighted by Crippen LogP contribution is -2.25. The smallest absolute Gasteiger partial charge is 0.416 e. The lowest BCUT2D eigenvalue weighted by molar-refractivity contribution is -0.143. The molecule has 126 valence electrons. The van der Waals surface area contributed by atoms with Crippen molar-refractivity contribution in [2.75, 3.05) is 0 Å². The van der Waals surface area contributed by atoms with Crippen molar-refractivity contribution in [2.45, 2.75) is 19.2 Å². The van der Waals surface area contributed by atoms with Crippen molar-refractivity contribution in [3.63, 3.8) is 0 Å². The van der Waals surface area contributed by atoms with E-state index in [1.807, 2.05) is 30.3 Å². The lowest BCUT2D eigenvalue weighted by Gasteiger charge is -2.14. The molecule has 0 heterocycles. The van der Waals surface area contributed by atoms with Gasteiger partial charge < -0.3 is 9.84 Å². The quantitative estimate of drug-likeness (QED) is 0.865. The zero-order chi connectivity index (χ0) is 17.7. The number of allylic oxidation sites excluding steroid dienone is 1. The van der Waals surface area contributed by atoms with Gasteiger partial charge in [-0.3, -0.25) is 0 Å². The first-order valence-electron chi connectivity index (χ1n) is 7.08. The monoisotopic (exact) mass is 336 g/mol. The van der Waals surface area contributed by atoms with Crippen LogP contribution >= 0.6 is 0 Å². The normalized spacial score (nSPS) is 13.4. The van der Waals surface area contributed by atoms with Crippen LogP contribution in [0, 0.1) is 0 Å². The highest BCUT2D eigenvalue weighted by Gasteiger charge is 2.30. The van der Waals surface area contributed by atoms with Gasteiger partial charge in [-0.2, -0.15) is 13.2 Å². The van der Waals surface area contributed by atoms with E-state index in [-0.39, 0.29) is 5.75 Å². The number of hydrogen-bond acceptors (Lipinski definition) is 2. The van der Waals surface area contributed by atoms with E-state index in [1.54, 1.807) is 6.92 Å². The first kappa shape index (κ1) is 17.6. The van der Waals surface area contributed by atoms with Gasteiger partial charge in [0.05, 0.1) is 5.56 Å². The molecule has 0 saturated heterocycles. The molecule has 0 aliphatic rings. The van der Waals surface area contributed by atoms with Crippen LogP contribution in [-0.4, -0.2) is 17.2 Å². The van der Waals surface area contributed by atoms with Crippen LogP contribution in [0.3, 0.4) is 0 Å². The van der Waals surface area contributed by atoms with Crippen molar-refractivity contribution in [3.8, 4) is 5.75 Å². The number of rotatable bonds is 5. The minimum Gasteiger partial charge on any atom is -0.478 e. The van der Waals surface area contributed by atoms with E-state index < -0.39 is 23.8 Å². The molecular formula is C18H15F3O3. The number of carbonyl (C=O) groups is 1. The molecule has 1 atom stereocenters. The third-order valence-electron chi connectivity index (χ3n) is 3.32. The van der Waals surface area contributed by atoms with E-state index in [0.717, 1.165) is 29.8 Å². The Hall–Kier alpha value is -2.76. The Morgan fingerprint density at radius 1 is 1.08 bits per heavy atom. The van der Waals surface area contributed by atoms with Gasteiger partial charge >= 0.3 is 12.1 Å². The van der Waals surface area contributed by atoms with Gasteiger partial charge in [-0.05, 0) is 48.4 Å². The van der Waals surface area contributed by atoms with Gasteiger partial charge in [0.1, 0.15) is 5.75 Å². The zero-order valence-corrected chi connectivity index (χ0v) is 12.7. The van der Waals surface area contributed by atoms with Crippen LogP contribution in [0.4, 0.5) is 13.2 Å². The minimum absolute atomic E-state index is 0.0486. The molecule has 0 saturated carbocycles. The number of benzene rings is 2. The molecule has 0 aliphatic carbocycles. The van der Waals surface area contributed by atoms with E-state index in [1.165, 1.54) is 6.08 Å². The van der Waals surface area contributed by atoms with Crippen LogP contribution in [0.5, 0.6) is 5.75 Å². The number of alkyl halides is 3. The third-order valence-corrected chi connectivity index (χ3v) is 3.32. The highest BCUT2D eigenvalue weighted by Crippen LogP contribution is 2.30. The van der Waals surface area contributed by atoms with Crippen LogP contribution in [0.2, 0.25) is 0 Å². The van der Waals surface area contributed by atoms with Crippen molar-refractivity contribution in [2.24, 2.45) is 0 Å². The summed E-state index contributed by atoms with van der Waals surface area (Å²) in [7, 11) is 0. The first-order chi connectivity index (χ1) is 11.3. The number of carboxylic acid groups (broad SMARTS) is 1. The number of hydrogen-bond donors (Lipinski definition) is 1. The van der Waals surface area contributed by atoms with Gasteiger partial charge in [-0.25, -0.2) is 4.79 Å². The predicted octanol–water partition coefficient (Wildman–Crippen LogP) is 4.64. The Balaban J connectivity index is 2.19. The SMILES string of the molecule is CC(=C[C@H](Oc1ccc(C(F)(F)F)cc1)C(=O)O)c1ccccc1. The van der Waals surface area contributed by atoms with E-state index >= 15 is 0 Å². The molecular weight excluding hydrogens is 321 g/mol. The summed E-state index contributed by atoms with van der Waals surface area (Å²) in [5, 5.41) is 9.26. The highest BCUT2D eigenvalue weighted by molar-refractivity contribution is 5.79. The molecule has 0 bridgehead atoms. The van der Waals surface area contributed by atoms with Crippen LogP contribution in [0.15, 0.2) is 60.7 Å². The summed E-state index contributed by atoms with van der Waals surface area (Å²) in [6.07, 6.45) is -4.34. The molecule has 0 spiro atoms. The molecule has 24 heavy (non-hydrogen) atoms. The van der Waals surface area contributed by atoms with Crippen LogP contribution in [-0.2, 0) is 11.0 Å².